The summed E-state index contributed by atoms with van der Waals surface area (Å²) >= 11 is 3.28. The number of ether oxygens (including phenoxy) is 1. The standard InChI is InChI=1S/C13H18BrNO3S/c1-18-12-7-6-11(14)9-13(12)19(16,17)15-8-2-3-10-4-5-10/h6-7,9-10,15H,2-5,8H2,1H3. The summed E-state index contributed by atoms with van der Waals surface area (Å²) in [6.45, 7) is 0.481. The van der Waals surface area contributed by atoms with Gasteiger partial charge >= 0.3 is 0 Å². The summed E-state index contributed by atoms with van der Waals surface area (Å²) in [7, 11) is -2.04. The molecule has 2 rings (SSSR count). The van der Waals surface area contributed by atoms with Crippen LogP contribution in [0, 0.1) is 5.92 Å². The Morgan fingerprint density at radius 1 is 1.42 bits per heavy atom. The second-order valence-corrected chi connectivity index (χ2v) is 7.43. The Kier molecular flexibility index (Phi) is 4.86. The van der Waals surface area contributed by atoms with E-state index in [4.69, 9.17) is 4.74 Å². The van der Waals surface area contributed by atoms with Crippen molar-refractivity contribution in [3.63, 3.8) is 0 Å². The van der Waals surface area contributed by atoms with E-state index in [9.17, 15) is 8.42 Å². The Morgan fingerprint density at radius 2 is 2.16 bits per heavy atom. The van der Waals surface area contributed by atoms with Crippen molar-refractivity contribution in [2.24, 2.45) is 5.92 Å². The SMILES string of the molecule is COc1ccc(Br)cc1S(=O)(=O)NCCCC1CC1. The van der Waals surface area contributed by atoms with E-state index in [0.29, 0.717) is 16.8 Å². The van der Waals surface area contributed by atoms with Crippen molar-refractivity contribution in [1.29, 1.82) is 0 Å². The van der Waals surface area contributed by atoms with Crippen LogP contribution in [0.25, 0.3) is 0 Å². The monoisotopic (exact) mass is 347 g/mol. The number of benzene rings is 1. The number of methoxy groups -OCH3 is 1. The summed E-state index contributed by atoms with van der Waals surface area (Å²) in [4.78, 5) is 0.177. The van der Waals surface area contributed by atoms with Crippen LogP contribution in [0.5, 0.6) is 5.75 Å². The Morgan fingerprint density at radius 3 is 2.79 bits per heavy atom. The highest BCUT2D eigenvalue weighted by Gasteiger charge is 2.22. The fourth-order valence-corrected chi connectivity index (χ4v) is 3.72. The average molecular weight is 348 g/mol. The molecule has 4 nitrogen and oxygen atoms in total. The molecular formula is C13H18BrNO3S. The van der Waals surface area contributed by atoms with Gasteiger partial charge in [-0.25, -0.2) is 13.1 Å². The second kappa shape index (κ2) is 6.24. The summed E-state index contributed by atoms with van der Waals surface area (Å²) in [6.07, 6.45) is 4.59. The zero-order valence-corrected chi connectivity index (χ0v) is 13.3. The van der Waals surface area contributed by atoms with Crippen molar-refractivity contribution in [2.75, 3.05) is 13.7 Å². The molecule has 0 amide bonds. The number of halogens is 1. The predicted molar refractivity (Wildman–Crippen MR) is 77.8 cm³/mol. The molecule has 1 aliphatic rings. The Balaban J connectivity index is 2.02. The molecular weight excluding hydrogens is 330 g/mol. The molecule has 1 aliphatic carbocycles. The molecule has 0 aromatic heterocycles. The zero-order chi connectivity index (χ0) is 13.9. The van der Waals surface area contributed by atoms with Gasteiger partial charge in [-0.05, 0) is 37.0 Å². The van der Waals surface area contributed by atoms with Gasteiger partial charge in [0.15, 0.2) is 0 Å². The minimum atomic E-state index is -3.51. The van der Waals surface area contributed by atoms with Crippen molar-refractivity contribution < 1.29 is 13.2 Å². The van der Waals surface area contributed by atoms with Gasteiger partial charge in [-0.15, -0.1) is 0 Å². The normalized spacial score (nSPS) is 15.5. The number of sulfonamides is 1. The van der Waals surface area contributed by atoms with Crippen molar-refractivity contribution >= 4 is 26.0 Å². The lowest BCUT2D eigenvalue weighted by molar-refractivity contribution is 0.402. The molecule has 106 valence electrons. The van der Waals surface area contributed by atoms with Crippen LogP contribution in [0.4, 0.5) is 0 Å². The zero-order valence-electron chi connectivity index (χ0n) is 10.9. The van der Waals surface area contributed by atoms with E-state index in [0.717, 1.165) is 18.8 Å². The smallest absolute Gasteiger partial charge is 0.244 e. The maximum absolute atomic E-state index is 12.2. The highest BCUT2D eigenvalue weighted by Crippen LogP contribution is 2.33. The van der Waals surface area contributed by atoms with Gasteiger partial charge < -0.3 is 4.74 Å². The van der Waals surface area contributed by atoms with Gasteiger partial charge in [0, 0.05) is 11.0 Å². The molecule has 0 saturated heterocycles. The van der Waals surface area contributed by atoms with Gasteiger partial charge in [-0.2, -0.15) is 0 Å². The lowest BCUT2D eigenvalue weighted by Gasteiger charge is -2.11. The van der Waals surface area contributed by atoms with Crippen molar-refractivity contribution in [3.8, 4) is 5.75 Å². The van der Waals surface area contributed by atoms with Crippen LogP contribution in [-0.4, -0.2) is 22.1 Å². The van der Waals surface area contributed by atoms with E-state index in [2.05, 4.69) is 20.7 Å². The second-order valence-electron chi connectivity index (χ2n) is 4.78. The van der Waals surface area contributed by atoms with Crippen molar-refractivity contribution in [2.45, 2.75) is 30.6 Å². The molecule has 1 fully saturated rings. The molecule has 0 spiro atoms. The highest BCUT2D eigenvalue weighted by molar-refractivity contribution is 9.10. The van der Waals surface area contributed by atoms with E-state index in [1.54, 1.807) is 18.2 Å². The van der Waals surface area contributed by atoms with E-state index in [1.165, 1.54) is 20.0 Å². The topological polar surface area (TPSA) is 55.4 Å². The van der Waals surface area contributed by atoms with Crippen LogP contribution in [0.15, 0.2) is 27.6 Å². The van der Waals surface area contributed by atoms with E-state index < -0.39 is 10.0 Å². The molecule has 0 atom stereocenters. The first-order valence-electron chi connectivity index (χ1n) is 6.36. The first-order chi connectivity index (χ1) is 9.03. The molecule has 1 aromatic carbocycles. The third kappa shape index (κ3) is 4.19. The predicted octanol–water partition coefficient (Wildman–Crippen LogP) is 2.93. The van der Waals surface area contributed by atoms with Gasteiger partial charge in [-0.3, -0.25) is 0 Å². The molecule has 0 heterocycles. The van der Waals surface area contributed by atoms with E-state index in [1.807, 2.05) is 0 Å². The first-order valence-corrected chi connectivity index (χ1v) is 8.64. The number of nitrogens with one attached hydrogen (secondary N) is 1. The molecule has 1 aromatic rings. The Labute approximate surface area is 122 Å². The van der Waals surface area contributed by atoms with Gasteiger partial charge in [-0.1, -0.05) is 28.8 Å². The van der Waals surface area contributed by atoms with Gasteiger partial charge in [0.1, 0.15) is 10.6 Å². The molecule has 1 saturated carbocycles. The minimum Gasteiger partial charge on any atom is -0.495 e. The minimum absolute atomic E-state index is 0.177. The van der Waals surface area contributed by atoms with Crippen LogP contribution in [-0.2, 0) is 10.0 Å². The largest absolute Gasteiger partial charge is 0.495 e. The molecule has 0 aliphatic heterocycles. The summed E-state index contributed by atoms with van der Waals surface area (Å²) in [5.41, 5.74) is 0. The maximum Gasteiger partial charge on any atom is 0.244 e. The summed E-state index contributed by atoms with van der Waals surface area (Å²) in [5.74, 6) is 1.18. The first kappa shape index (κ1) is 14.8. The van der Waals surface area contributed by atoms with Crippen molar-refractivity contribution in [1.82, 2.24) is 4.72 Å². The molecule has 6 heteroatoms. The molecule has 0 bridgehead atoms. The molecule has 0 radical (unpaired) electrons. The fraction of sp³-hybridized carbons (Fsp3) is 0.538. The third-order valence-electron chi connectivity index (χ3n) is 3.19. The summed E-state index contributed by atoms with van der Waals surface area (Å²) in [5, 5.41) is 0. The van der Waals surface area contributed by atoms with Crippen LogP contribution in [0.1, 0.15) is 25.7 Å². The van der Waals surface area contributed by atoms with Crippen LogP contribution < -0.4 is 9.46 Å². The number of hydrogen-bond acceptors (Lipinski definition) is 3. The van der Waals surface area contributed by atoms with E-state index >= 15 is 0 Å². The maximum atomic E-state index is 12.2. The average Bonchev–Trinajstić information content (AvgIpc) is 3.19. The van der Waals surface area contributed by atoms with E-state index in [-0.39, 0.29) is 4.90 Å². The van der Waals surface area contributed by atoms with Crippen LogP contribution in [0.2, 0.25) is 0 Å². The Bertz CT molecular complexity index is 541. The summed E-state index contributed by atoms with van der Waals surface area (Å²) in [6, 6.07) is 4.95. The third-order valence-corrected chi connectivity index (χ3v) is 5.17. The molecule has 0 unspecified atom stereocenters. The van der Waals surface area contributed by atoms with Gasteiger partial charge in [0.05, 0.1) is 7.11 Å². The van der Waals surface area contributed by atoms with Crippen molar-refractivity contribution in [3.05, 3.63) is 22.7 Å². The molecule has 1 N–H and O–H groups in total. The number of rotatable bonds is 7. The lowest BCUT2D eigenvalue weighted by Crippen LogP contribution is -2.25. The summed E-state index contributed by atoms with van der Waals surface area (Å²) < 4.78 is 32.9. The number of hydrogen-bond donors (Lipinski definition) is 1. The Hall–Kier alpha value is -0.590. The molecule has 19 heavy (non-hydrogen) atoms. The quantitative estimate of drug-likeness (QED) is 0.771. The fourth-order valence-electron chi connectivity index (χ4n) is 1.94. The van der Waals surface area contributed by atoms with Crippen LogP contribution >= 0.6 is 15.9 Å². The highest BCUT2D eigenvalue weighted by atomic mass is 79.9. The lowest BCUT2D eigenvalue weighted by atomic mass is 10.2. The van der Waals surface area contributed by atoms with Gasteiger partial charge in [0.25, 0.3) is 0 Å². The van der Waals surface area contributed by atoms with Crippen LogP contribution in [0.3, 0.4) is 0 Å². The van der Waals surface area contributed by atoms with Gasteiger partial charge in [0.2, 0.25) is 10.0 Å².